The molecule has 0 aliphatic heterocycles. The summed E-state index contributed by atoms with van der Waals surface area (Å²) in [5.41, 5.74) is -0.615. The van der Waals surface area contributed by atoms with Crippen LogP contribution >= 0.6 is 0 Å². The van der Waals surface area contributed by atoms with Gasteiger partial charge in [0.15, 0.2) is 0 Å². The van der Waals surface area contributed by atoms with Crippen molar-refractivity contribution in [2.45, 2.75) is 25.6 Å². The molecule has 2 rings (SSSR count). The summed E-state index contributed by atoms with van der Waals surface area (Å²) in [6, 6.07) is 6.51. The third-order valence-electron chi connectivity index (χ3n) is 2.96. The van der Waals surface area contributed by atoms with E-state index in [2.05, 4.69) is 0 Å². The minimum absolute atomic E-state index is 0.161. The fraction of sp³-hybridized carbons (Fsp3) is 0.286. The smallest absolute Gasteiger partial charge is 0.416 e. The molecular weight excluding hydrogens is 257 g/mol. The predicted molar refractivity (Wildman–Crippen MR) is 63.6 cm³/mol. The standard InChI is InChI=1S/C14H13F3O2/c1-2-12-10(7-8-19-12)13(18)9-5-3-4-6-11(9)14(15,16)17/h3-8,13,18H,2H2,1H3. The molecule has 0 spiro atoms. The third-order valence-corrected chi connectivity index (χ3v) is 2.96. The minimum atomic E-state index is -4.49. The van der Waals surface area contributed by atoms with Crippen molar-refractivity contribution < 1.29 is 22.7 Å². The molecule has 1 heterocycles. The number of rotatable bonds is 3. The van der Waals surface area contributed by atoms with E-state index in [1.807, 2.05) is 6.92 Å². The largest absolute Gasteiger partial charge is 0.469 e. The Bertz CT molecular complexity index is 558. The highest BCUT2D eigenvalue weighted by Gasteiger charge is 2.35. The Morgan fingerprint density at radius 3 is 2.47 bits per heavy atom. The lowest BCUT2D eigenvalue weighted by molar-refractivity contribution is -0.139. The highest BCUT2D eigenvalue weighted by atomic mass is 19.4. The third kappa shape index (κ3) is 2.66. The van der Waals surface area contributed by atoms with Gasteiger partial charge in [-0.15, -0.1) is 0 Å². The van der Waals surface area contributed by atoms with Crippen LogP contribution in [0, 0.1) is 0 Å². The van der Waals surface area contributed by atoms with Gasteiger partial charge in [0, 0.05) is 12.0 Å². The molecule has 0 saturated heterocycles. The van der Waals surface area contributed by atoms with E-state index >= 15 is 0 Å². The van der Waals surface area contributed by atoms with Crippen molar-refractivity contribution in [2.75, 3.05) is 0 Å². The molecule has 0 aliphatic rings. The van der Waals surface area contributed by atoms with Gasteiger partial charge in [0.05, 0.1) is 11.8 Å². The van der Waals surface area contributed by atoms with E-state index in [4.69, 9.17) is 4.42 Å². The van der Waals surface area contributed by atoms with Crippen LogP contribution in [0.15, 0.2) is 41.0 Å². The maximum atomic E-state index is 12.9. The van der Waals surface area contributed by atoms with E-state index in [1.54, 1.807) is 0 Å². The van der Waals surface area contributed by atoms with Crippen LogP contribution in [0.5, 0.6) is 0 Å². The van der Waals surface area contributed by atoms with Crippen LogP contribution in [-0.4, -0.2) is 5.11 Å². The van der Waals surface area contributed by atoms with Crippen molar-refractivity contribution >= 4 is 0 Å². The van der Waals surface area contributed by atoms with Gasteiger partial charge in [0.2, 0.25) is 0 Å². The summed E-state index contributed by atoms with van der Waals surface area (Å²) < 4.78 is 43.8. The van der Waals surface area contributed by atoms with Gasteiger partial charge in [-0.05, 0) is 17.7 Å². The molecule has 0 radical (unpaired) electrons. The van der Waals surface area contributed by atoms with Crippen molar-refractivity contribution in [3.05, 3.63) is 59.0 Å². The summed E-state index contributed by atoms with van der Waals surface area (Å²) in [6.07, 6.45) is -3.96. The van der Waals surface area contributed by atoms with Gasteiger partial charge in [0.25, 0.3) is 0 Å². The molecule has 5 heteroatoms. The minimum Gasteiger partial charge on any atom is -0.469 e. The lowest BCUT2D eigenvalue weighted by atomic mass is 9.96. The van der Waals surface area contributed by atoms with Crippen LogP contribution in [0.25, 0.3) is 0 Å². The molecule has 1 atom stereocenters. The van der Waals surface area contributed by atoms with Gasteiger partial charge in [-0.2, -0.15) is 13.2 Å². The van der Waals surface area contributed by atoms with Gasteiger partial charge < -0.3 is 9.52 Å². The van der Waals surface area contributed by atoms with E-state index in [9.17, 15) is 18.3 Å². The molecule has 102 valence electrons. The summed E-state index contributed by atoms with van der Waals surface area (Å²) in [4.78, 5) is 0. The molecule has 19 heavy (non-hydrogen) atoms. The van der Waals surface area contributed by atoms with E-state index in [0.29, 0.717) is 17.7 Å². The van der Waals surface area contributed by atoms with Gasteiger partial charge in [0.1, 0.15) is 11.9 Å². The first-order valence-electron chi connectivity index (χ1n) is 5.85. The molecule has 0 amide bonds. The van der Waals surface area contributed by atoms with Crippen molar-refractivity contribution in [1.82, 2.24) is 0 Å². The number of hydrogen-bond donors (Lipinski definition) is 1. The Kier molecular flexibility index (Phi) is 3.66. The van der Waals surface area contributed by atoms with Crippen molar-refractivity contribution in [2.24, 2.45) is 0 Å². The molecule has 1 aromatic heterocycles. The van der Waals surface area contributed by atoms with Crippen LogP contribution in [0.1, 0.15) is 35.5 Å². The lowest BCUT2D eigenvalue weighted by Gasteiger charge is -2.17. The maximum Gasteiger partial charge on any atom is 0.416 e. The first-order chi connectivity index (χ1) is 8.95. The average molecular weight is 270 g/mol. The van der Waals surface area contributed by atoms with E-state index in [0.717, 1.165) is 6.07 Å². The zero-order chi connectivity index (χ0) is 14.0. The Balaban J connectivity index is 2.48. The second-order valence-electron chi connectivity index (χ2n) is 4.14. The topological polar surface area (TPSA) is 33.4 Å². The Hall–Kier alpha value is -1.75. The lowest BCUT2D eigenvalue weighted by Crippen LogP contribution is -2.13. The van der Waals surface area contributed by atoms with Crippen LogP contribution < -0.4 is 0 Å². The molecule has 0 aliphatic carbocycles. The van der Waals surface area contributed by atoms with Crippen LogP contribution in [0.3, 0.4) is 0 Å². The van der Waals surface area contributed by atoms with Crippen molar-refractivity contribution in [3.8, 4) is 0 Å². The number of hydrogen-bond acceptors (Lipinski definition) is 2. The number of halogens is 3. The van der Waals surface area contributed by atoms with Gasteiger partial charge in [-0.3, -0.25) is 0 Å². The zero-order valence-corrected chi connectivity index (χ0v) is 10.2. The summed E-state index contributed by atoms with van der Waals surface area (Å²) >= 11 is 0. The number of alkyl halides is 3. The van der Waals surface area contributed by atoms with E-state index in [1.165, 1.54) is 30.5 Å². The Morgan fingerprint density at radius 1 is 1.16 bits per heavy atom. The molecule has 2 nitrogen and oxygen atoms in total. The van der Waals surface area contributed by atoms with Crippen molar-refractivity contribution in [1.29, 1.82) is 0 Å². The first-order valence-corrected chi connectivity index (χ1v) is 5.85. The summed E-state index contributed by atoms with van der Waals surface area (Å²) in [6.45, 7) is 1.81. The molecule has 0 saturated carbocycles. The predicted octanol–water partition coefficient (Wildman–Crippen LogP) is 3.94. The van der Waals surface area contributed by atoms with E-state index in [-0.39, 0.29) is 5.56 Å². The SMILES string of the molecule is CCc1occc1C(O)c1ccccc1C(F)(F)F. The second-order valence-corrected chi connectivity index (χ2v) is 4.14. The first kappa shape index (κ1) is 13.7. The highest BCUT2D eigenvalue weighted by Crippen LogP contribution is 2.37. The Morgan fingerprint density at radius 2 is 1.84 bits per heavy atom. The average Bonchev–Trinajstić information content (AvgIpc) is 2.85. The number of furan rings is 1. The zero-order valence-electron chi connectivity index (χ0n) is 10.2. The maximum absolute atomic E-state index is 12.9. The molecule has 0 bridgehead atoms. The molecule has 1 N–H and O–H groups in total. The number of aryl methyl sites for hydroxylation is 1. The van der Waals surface area contributed by atoms with E-state index < -0.39 is 17.8 Å². The molecule has 2 aromatic rings. The molecule has 0 fully saturated rings. The molecule has 1 aromatic carbocycles. The summed E-state index contributed by atoms with van der Waals surface area (Å²) in [5, 5.41) is 10.2. The normalized spacial score (nSPS) is 13.5. The van der Waals surface area contributed by atoms with Crippen LogP contribution in [0.2, 0.25) is 0 Å². The number of aliphatic hydroxyl groups is 1. The summed E-state index contributed by atoms with van der Waals surface area (Å²) in [7, 11) is 0. The van der Waals surface area contributed by atoms with Gasteiger partial charge in [-0.1, -0.05) is 25.1 Å². The Labute approximate surface area is 108 Å². The monoisotopic (exact) mass is 270 g/mol. The summed E-state index contributed by atoms with van der Waals surface area (Å²) in [5.74, 6) is 0.490. The highest BCUT2D eigenvalue weighted by molar-refractivity contribution is 5.38. The number of aliphatic hydroxyl groups excluding tert-OH is 1. The fourth-order valence-corrected chi connectivity index (χ4v) is 2.04. The van der Waals surface area contributed by atoms with Gasteiger partial charge in [-0.25, -0.2) is 0 Å². The van der Waals surface area contributed by atoms with Gasteiger partial charge >= 0.3 is 6.18 Å². The van der Waals surface area contributed by atoms with Crippen molar-refractivity contribution in [3.63, 3.8) is 0 Å². The fourth-order valence-electron chi connectivity index (χ4n) is 2.04. The quantitative estimate of drug-likeness (QED) is 0.916. The molecular formula is C14H13F3O2. The van der Waals surface area contributed by atoms with Crippen LogP contribution in [-0.2, 0) is 12.6 Å². The number of benzene rings is 1. The van der Waals surface area contributed by atoms with Crippen LogP contribution in [0.4, 0.5) is 13.2 Å². The second kappa shape index (κ2) is 5.09. The molecule has 1 unspecified atom stereocenters.